The molecule has 0 aliphatic heterocycles. The van der Waals surface area contributed by atoms with E-state index in [0.29, 0.717) is 13.2 Å². The van der Waals surface area contributed by atoms with Crippen LogP contribution in [0.5, 0.6) is 0 Å². The number of hydrogen-bond acceptors (Lipinski definition) is 10. The van der Waals surface area contributed by atoms with E-state index in [2.05, 4.69) is 182 Å². The van der Waals surface area contributed by atoms with Crippen LogP contribution in [-0.2, 0) is 55.7 Å². The molecule has 0 saturated carbocycles. The molecule has 12 rings (SSSR count). The van der Waals surface area contributed by atoms with Gasteiger partial charge in [0.15, 0.2) is 0 Å². The first-order valence-corrected chi connectivity index (χ1v) is 33.9. The molecule has 0 aromatic heterocycles. The summed E-state index contributed by atoms with van der Waals surface area (Å²) in [5.74, 6) is 0. The Morgan fingerprint density at radius 2 is 0.371 bits per heavy atom. The zero-order chi connectivity index (χ0) is 67.0. The molecule has 0 aliphatic carbocycles. The van der Waals surface area contributed by atoms with Crippen LogP contribution in [0.2, 0.25) is 0 Å². The average molecular weight is 1320 g/mol. The minimum Gasteiger partial charge on any atom is -1.00 e. The van der Waals surface area contributed by atoms with Crippen molar-refractivity contribution in [3.63, 3.8) is 0 Å². The fourth-order valence-electron chi connectivity index (χ4n) is 12.0. The van der Waals surface area contributed by atoms with Gasteiger partial charge in [0, 0.05) is 0 Å². The smallest absolute Gasteiger partial charge is 1.00 e. The number of aliphatic hydroxyl groups is 3. The van der Waals surface area contributed by atoms with Crippen molar-refractivity contribution >= 4 is 10.1 Å². The Hall–Kier alpha value is -8.73. The van der Waals surface area contributed by atoms with Crippen LogP contribution in [0, 0.1) is 0 Å². The maximum Gasteiger partial charge on any atom is 1.00 e. The second-order valence-electron chi connectivity index (χ2n) is 22.2. The molecule has 0 saturated heterocycles. The molecule has 12 aromatic carbocycles. The van der Waals surface area contributed by atoms with Gasteiger partial charge in [0.1, 0.15) is 22.4 Å². The van der Waals surface area contributed by atoms with E-state index < -0.39 is 32.5 Å². The zero-order valence-electron chi connectivity index (χ0n) is 55.9. The van der Waals surface area contributed by atoms with E-state index in [1.807, 2.05) is 182 Å². The summed E-state index contributed by atoms with van der Waals surface area (Å²) in [4.78, 5) is 0. The van der Waals surface area contributed by atoms with E-state index in [9.17, 15) is 13.5 Å². The van der Waals surface area contributed by atoms with E-state index in [0.717, 1.165) is 73.0 Å². The molecule has 0 unspecified atom stereocenters. The van der Waals surface area contributed by atoms with E-state index >= 15 is 0 Å². The van der Waals surface area contributed by atoms with Crippen molar-refractivity contribution in [3.8, 4) is 0 Å². The Bertz CT molecular complexity index is 3670. The first-order chi connectivity index (χ1) is 47.2. The SMILES string of the molecule is CS(=O)(=O)OCCOC(c1ccccc1)(c1ccccc1)c1ccccc1.OCCO.OCCOC(c1ccccc1)(c1ccccc1)c1ccccc1.[H-].[Na+].c1ccc(C(OCCOC(c2ccccc2)(c2ccccc2)c2ccccc2)(c2ccccc2)c2ccccc2)cc1. The Labute approximate surface area is 596 Å². The molecule has 10 nitrogen and oxygen atoms in total. The van der Waals surface area contributed by atoms with Gasteiger partial charge >= 0.3 is 29.6 Å². The largest absolute Gasteiger partial charge is 1.00 e. The molecule has 3 N–H and O–H groups in total. The number of rotatable bonds is 26. The van der Waals surface area contributed by atoms with Gasteiger partial charge in [0.25, 0.3) is 10.1 Å². The third-order valence-electron chi connectivity index (χ3n) is 16.1. The Morgan fingerprint density at radius 3 is 0.495 bits per heavy atom. The summed E-state index contributed by atoms with van der Waals surface area (Å²) >= 11 is 0. The van der Waals surface area contributed by atoms with E-state index in [1.54, 1.807) is 0 Å². The van der Waals surface area contributed by atoms with Gasteiger partial charge in [-0.3, -0.25) is 4.18 Å². The normalized spacial score (nSPS) is 11.4. The number of hydrogen-bond donors (Lipinski definition) is 3. The Morgan fingerprint density at radius 1 is 0.237 bits per heavy atom. The molecule has 0 heterocycles. The quantitative estimate of drug-likeness (QED) is 0.0208. The van der Waals surface area contributed by atoms with Gasteiger partial charge in [0.2, 0.25) is 0 Å². The minimum atomic E-state index is -3.52. The van der Waals surface area contributed by atoms with Gasteiger partial charge < -0.3 is 35.7 Å². The molecule has 97 heavy (non-hydrogen) atoms. The monoisotopic (exact) mass is 1320 g/mol. The van der Waals surface area contributed by atoms with E-state index in [1.165, 1.54) is 0 Å². The molecular weight excluding hydrogens is 1240 g/mol. The van der Waals surface area contributed by atoms with Crippen molar-refractivity contribution in [3.05, 3.63) is 431 Å². The summed E-state index contributed by atoms with van der Waals surface area (Å²) in [5.41, 5.74) is 9.25. The van der Waals surface area contributed by atoms with Gasteiger partial charge in [-0.05, 0) is 66.8 Å². The molecule has 0 amide bonds. The topological polar surface area (TPSA) is 141 Å². The van der Waals surface area contributed by atoms with Crippen LogP contribution in [0.3, 0.4) is 0 Å². The molecule has 0 radical (unpaired) electrons. The summed E-state index contributed by atoms with van der Waals surface area (Å²) in [6.45, 7) is 0.797. The summed E-state index contributed by atoms with van der Waals surface area (Å²) in [6, 6.07) is 123. The second-order valence-corrected chi connectivity index (χ2v) is 23.9. The van der Waals surface area contributed by atoms with E-state index in [4.69, 9.17) is 33.3 Å². The minimum absolute atomic E-state index is 0. The maximum atomic E-state index is 11.3. The molecule has 490 valence electrons. The van der Waals surface area contributed by atoms with Gasteiger partial charge in [0.05, 0.1) is 59.1 Å². The van der Waals surface area contributed by atoms with Gasteiger partial charge in [-0.25, -0.2) is 0 Å². The van der Waals surface area contributed by atoms with Crippen LogP contribution in [0.4, 0.5) is 0 Å². The Kier molecular flexibility index (Phi) is 29.2. The van der Waals surface area contributed by atoms with Crippen molar-refractivity contribution in [2.45, 2.75) is 22.4 Å². The van der Waals surface area contributed by atoms with Crippen molar-refractivity contribution in [2.24, 2.45) is 0 Å². The summed E-state index contributed by atoms with van der Waals surface area (Å²) in [6.07, 6.45) is 1.03. The number of ether oxygens (including phenoxy) is 4. The molecular formula is C85H83NaO10S. The van der Waals surface area contributed by atoms with Crippen LogP contribution >= 0.6 is 0 Å². The second kappa shape index (κ2) is 38.3. The fraction of sp³-hybridized carbons (Fsp3) is 0.153. The Balaban J connectivity index is 0.000000210. The van der Waals surface area contributed by atoms with Crippen molar-refractivity contribution in [1.29, 1.82) is 0 Å². The van der Waals surface area contributed by atoms with Crippen molar-refractivity contribution < 1.29 is 77.9 Å². The summed E-state index contributed by atoms with van der Waals surface area (Å²) in [5, 5.41) is 24.6. The predicted molar refractivity (Wildman–Crippen MR) is 384 cm³/mol. The maximum absolute atomic E-state index is 11.3. The number of aliphatic hydroxyl groups excluding tert-OH is 3. The van der Waals surface area contributed by atoms with Gasteiger partial charge in [-0.15, -0.1) is 0 Å². The van der Waals surface area contributed by atoms with Gasteiger partial charge in [-0.1, -0.05) is 364 Å². The molecule has 0 atom stereocenters. The third kappa shape index (κ3) is 18.9. The van der Waals surface area contributed by atoms with Crippen LogP contribution in [-0.4, -0.2) is 82.8 Å². The fourth-order valence-corrected chi connectivity index (χ4v) is 12.4. The van der Waals surface area contributed by atoms with E-state index in [-0.39, 0.29) is 70.6 Å². The molecule has 0 bridgehead atoms. The summed E-state index contributed by atoms with van der Waals surface area (Å²) < 4.78 is 54.3. The number of benzene rings is 12. The molecule has 0 aliphatic rings. The zero-order valence-corrected chi connectivity index (χ0v) is 57.7. The molecule has 0 fully saturated rings. The van der Waals surface area contributed by atoms with Crippen LogP contribution in [0.15, 0.2) is 364 Å². The molecule has 12 heteroatoms. The summed E-state index contributed by atoms with van der Waals surface area (Å²) in [7, 11) is -3.52. The van der Waals surface area contributed by atoms with Crippen molar-refractivity contribution in [2.75, 3.05) is 59.1 Å². The average Bonchev–Trinajstić information content (AvgIpc) is 0.797. The molecule has 0 spiro atoms. The standard InChI is InChI=1S/C40H34O2.C22H22O4S.C21H20O2.C2H6O2.Na.H/c1-7-19-33(20-8-1)39(34-21-9-2-10-22-34,35-23-11-3-12-24-35)41-31-32-42-40(36-25-13-4-14-26-36,37-27-15-5-16-28-37)38-29-17-6-18-30-38;1-27(23,24)26-18-17-25-22(19-11-5-2-6-12-19,20-13-7-3-8-14-20)21-15-9-4-10-16-21;22-16-17-23-21(18-10-4-1-5-11-18,19-12-6-2-7-13-19)20-14-8-3-9-15-20;3-1-2-4;;/h1-30H,31-32H2;2-16H,17-18H2,1H3;1-15,22H,16-17H2;3-4H,1-2H2;;/q;;;;+1;-1. The van der Waals surface area contributed by atoms with Gasteiger partial charge in [-0.2, -0.15) is 8.42 Å². The first-order valence-electron chi connectivity index (χ1n) is 32.0. The van der Waals surface area contributed by atoms with Crippen LogP contribution in [0.1, 0.15) is 68.2 Å². The molecule has 12 aromatic rings. The van der Waals surface area contributed by atoms with Crippen molar-refractivity contribution in [1.82, 2.24) is 0 Å². The van der Waals surface area contributed by atoms with Crippen LogP contribution in [0.25, 0.3) is 0 Å². The predicted octanol–water partition coefficient (Wildman–Crippen LogP) is 13.0. The first kappa shape index (κ1) is 74.1. The third-order valence-corrected chi connectivity index (χ3v) is 16.7. The van der Waals surface area contributed by atoms with Crippen LogP contribution < -0.4 is 29.6 Å².